The Balaban J connectivity index is 2.01. The van der Waals surface area contributed by atoms with Gasteiger partial charge in [-0.3, -0.25) is 5.43 Å². The fraction of sp³-hybridized carbons (Fsp3) is 0.500. The Morgan fingerprint density at radius 3 is 2.87 bits per heavy atom. The van der Waals surface area contributed by atoms with Crippen LogP contribution in [0.4, 0.5) is 5.13 Å². The number of morpholine rings is 1. The van der Waals surface area contributed by atoms with E-state index in [9.17, 15) is 0 Å². The van der Waals surface area contributed by atoms with Crippen molar-refractivity contribution in [1.82, 2.24) is 9.99 Å². The summed E-state index contributed by atoms with van der Waals surface area (Å²) in [6.07, 6.45) is 0. The van der Waals surface area contributed by atoms with Crippen LogP contribution in [0, 0.1) is 11.3 Å². The predicted octanol–water partition coefficient (Wildman–Crippen LogP) is 1.33. The second-order valence-corrected chi connectivity index (χ2v) is 4.32. The zero-order valence-corrected chi connectivity index (χ0v) is 9.44. The van der Waals surface area contributed by atoms with Crippen LogP contribution in [0.25, 0.3) is 0 Å². The number of rotatable bonds is 2. The van der Waals surface area contributed by atoms with Crippen LogP contribution in [0.2, 0.25) is 5.15 Å². The molecular weight excluding hydrogens is 236 g/mol. The van der Waals surface area contributed by atoms with Crippen LogP contribution in [0.3, 0.4) is 0 Å². The molecule has 1 saturated heterocycles. The fourth-order valence-corrected chi connectivity index (χ4v) is 2.20. The molecule has 1 fully saturated rings. The Bertz CT molecular complexity index is 382. The molecule has 1 aromatic rings. The molecule has 0 atom stereocenters. The molecule has 1 aliphatic rings. The number of hydrogen-bond acceptors (Lipinski definition) is 6. The van der Waals surface area contributed by atoms with Crippen LogP contribution in [-0.2, 0) is 4.74 Å². The monoisotopic (exact) mass is 244 g/mol. The van der Waals surface area contributed by atoms with Gasteiger partial charge in [0.15, 0.2) is 10.3 Å². The fourth-order valence-electron chi connectivity index (χ4n) is 1.23. The average Bonchev–Trinajstić information content (AvgIpc) is 2.60. The first-order valence-electron chi connectivity index (χ1n) is 4.45. The normalized spacial score (nSPS) is 17.3. The maximum Gasteiger partial charge on any atom is 0.200 e. The van der Waals surface area contributed by atoms with E-state index < -0.39 is 0 Å². The minimum absolute atomic E-state index is 0.262. The number of anilines is 1. The van der Waals surface area contributed by atoms with E-state index in [2.05, 4.69) is 10.4 Å². The van der Waals surface area contributed by atoms with E-state index in [1.54, 1.807) is 0 Å². The second kappa shape index (κ2) is 4.77. The third-order valence-electron chi connectivity index (χ3n) is 1.95. The minimum atomic E-state index is 0.262. The lowest BCUT2D eigenvalue weighted by molar-refractivity contribution is 0.0497. The average molecular weight is 245 g/mol. The van der Waals surface area contributed by atoms with Crippen molar-refractivity contribution in [3.63, 3.8) is 0 Å². The zero-order valence-electron chi connectivity index (χ0n) is 7.86. The molecule has 2 rings (SSSR count). The van der Waals surface area contributed by atoms with E-state index in [1.165, 1.54) is 11.3 Å². The first kappa shape index (κ1) is 10.6. The number of halogens is 1. The van der Waals surface area contributed by atoms with Crippen molar-refractivity contribution in [3.8, 4) is 6.07 Å². The lowest BCUT2D eigenvalue weighted by Crippen LogP contribution is -2.40. The summed E-state index contributed by atoms with van der Waals surface area (Å²) >= 11 is 7.01. The van der Waals surface area contributed by atoms with E-state index >= 15 is 0 Å². The lowest BCUT2D eigenvalue weighted by atomic mass is 10.5. The van der Waals surface area contributed by atoms with Crippen LogP contribution < -0.4 is 5.43 Å². The van der Waals surface area contributed by atoms with Gasteiger partial charge in [-0.2, -0.15) is 5.26 Å². The molecule has 0 spiro atoms. The predicted molar refractivity (Wildman–Crippen MR) is 57.9 cm³/mol. The highest BCUT2D eigenvalue weighted by Gasteiger charge is 2.13. The summed E-state index contributed by atoms with van der Waals surface area (Å²) in [4.78, 5) is 4.48. The van der Waals surface area contributed by atoms with Gasteiger partial charge >= 0.3 is 0 Å². The molecular formula is C8H9ClN4OS. The van der Waals surface area contributed by atoms with E-state index in [0.717, 1.165) is 13.1 Å². The Morgan fingerprint density at radius 2 is 2.27 bits per heavy atom. The minimum Gasteiger partial charge on any atom is -0.379 e. The van der Waals surface area contributed by atoms with Gasteiger partial charge in [0, 0.05) is 13.1 Å². The highest BCUT2D eigenvalue weighted by atomic mass is 35.5. The van der Waals surface area contributed by atoms with Crippen molar-refractivity contribution in [1.29, 1.82) is 5.26 Å². The Hall–Kier alpha value is -0.870. The number of aromatic nitrogens is 1. The van der Waals surface area contributed by atoms with E-state index in [0.29, 0.717) is 23.2 Å². The van der Waals surface area contributed by atoms with Gasteiger partial charge in [-0.25, -0.2) is 9.99 Å². The van der Waals surface area contributed by atoms with Crippen LogP contribution in [-0.4, -0.2) is 36.3 Å². The summed E-state index contributed by atoms with van der Waals surface area (Å²) in [5.74, 6) is 0. The molecule has 0 radical (unpaired) electrons. The van der Waals surface area contributed by atoms with Crippen LogP contribution in [0.1, 0.15) is 4.88 Å². The van der Waals surface area contributed by atoms with Gasteiger partial charge in [-0.05, 0) is 0 Å². The quantitative estimate of drug-likeness (QED) is 0.851. The molecule has 0 saturated carbocycles. The molecule has 2 heterocycles. The summed E-state index contributed by atoms with van der Waals surface area (Å²) in [7, 11) is 0. The summed E-state index contributed by atoms with van der Waals surface area (Å²) in [6.45, 7) is 3.02. The number of ether oxygens (including phenoxy) is 1. The van der Waals surface area contributed by atoms with Crippen molar-refractivity contribution >= 4 is 28.1 Å². The first-order chi connectivity index (χ1) is 7.29. The molecule has 1 aromatic heterocycles. The van der Waals surface area contributed by atoms with Crippen molar-refractivity contribution in [3.05, 3.63) is 10.0 Å². The highest BCUT2D eigenvalue weighted by molar-refractivity contribution is 7.16. The molecule has 5 nitrogen and oxygen atoms in total. The third-order valence-corrected chi connectivity index (χ3v) is 3.20. The Morgan fingerprint density at radius 1 is 1.53 bits per heavy atom. The van der Waals surface area contributed by atoms with Gasteiger partial charge in [-0.1, -0.05) is 22.9 Å². The second-order valence-electron chi connectivity index (χ2n) is 2.96. The maximum absolute atomic E-state index is 8.71. The number of hydrogen-bond donors (Lipinski definition) is 1. The molecule has 1 aliphatic heterocycles. The summed E-state index contributed by atoms with van der Waals surface area (Å²) in [5, 5.41) is 11.6. The Kier molecular flexibility index (Phi) is 3.38. The number of nitrogens with one attached hydrogen (secondary N) is 1. The number of hydrazine groups is 1. The van der Waals surface area contributed by atoms with Gasteiger partial charge in [0.25, 0.3) is 0 Å². The molecule has 0 unspecified atom stereocenters. The van der Waals surface area contributed by atoms with E-state index in [-0.39, 0.29) is 5.15 Å². The smallest absolute Gasteiger partial charge is 0.200 e. The van der Waals surface area contributed by atoms with Crippen molar-refractivity contribution in [2.45, 2.75) is 0 Å². The molecule has 0 aromatic carbocycles. The molecule has 80 valence electrons. The standard InChI is InChI=1S/C8H9ClN4OS/c9-7-6(5-10)15-8(11-7)12-13-1-3-14-4-2-13/h1-4H2,(H,11,12). The van der Waals surface area contributed by atoms with Crippen LogP contribution >= 0.6 is 22.9 Å². The number of thiazole rings is 1. The lowest BCUT2D eigenvalue weighted by Gasteiger charge is -2.26. The van der Waals surface area contributed by atoms with Crippen LogP contribution in [0.15, 0.2) is 0 Å². The van der Waals surface area contributed by atoms with Crippen molar-refractivity contribution < 1.29 is 4.74 Å². The van der Waals surface area contributed by atoms with Crippen molar-refractivity contribution in [2.24, 2.45) is 0 Å². The van der Waals surface area contributed by atoms with Gasteiger partial charge in [-0.15, -0.1) is 0 Å². The Labute approximate surface area is 96.2 Å². The topological polar surface area (TPSA) is 61.2 Å². The SMILES string of the molecule is N#Cc1sc(NN2CCOCC2)nc1Cl. The molecule has 1 N–H and O–H groups in total. The van der Waals surface area contributed by atoms with E-state index in [1.807, 2.05) is 11.1 Å². The number of nitrogens with zero attached hydrogens (tertiary/aromatic N) is 3. The molecule has 7 heteroatoms. The van der Waals surface area contributed by atoms with Crippen LogP contribution in [0.5, 0.6) is 0 Å². The van der Waals surface area contributed by atoms with E-state index in [4.69, 9.17) is 21.6 Å². The van der Waals surface area contributed by atoms with Gasteiger partial charge in [0.05, 0.1) is 13.2 Å². The molecule has 0 amide bonds. The first-order valence-corrected chi connectivity index (χ1v) is 5.65. The summed E-state index contributed by atoms with van der Waals surface area (Å²) < 4.78 is 5.21. The van der Waals surface area contributed by atoms with Gasteiger partial charge in [0.1, 0.15) is 10.9 Å². The maximum atomic E-state index is 8.71. The molecule has 0 aliphatic carbocycles. The summed E-state index contributed by atoms with van der Waals surface area (Å²) in [6, 6.07) is 1.99. The van der Waals surface area contributed by atoms with Crippen molar-refractivity contribution in [2.75, 3.05) is 31.7 Å². The molecule has 0 bridgehead atoms. The highest BCUT2D eigenvalue weighted by Crippen LogP contribution is 2.26. The molecule has 15 heavy (non-hydrogen) atoms. The number of nitriles is 1. The zero-order chi connectivity index (χ0) is 10.7. The van der Waals surface area contributed by atoms with Gasteiger partial charge < -0.3 is 4.74 Å². The van der Waals surface area contributed by atoms with Gasteiger partial charge in [0.2, 0.25) is 0 Å². The third kappa shape index (κ3) is 2.58. The largest absolute Gasteiger partial charge is 0.379 e. The summed E-state index contributed by atoms with van der Waals surface area (Å²) in [5.41, 5.74) is 3.10.